The molecule has 0 amide bonds. The standard InChI is InChI=1S/C21H35NO2/c1-18-8-7-16-15(17(18)9-14(23)11-18)6-5-13-10-20(3)22-12-19(2,24-20)21(13,16)4/h13-17,22-23H,5-12H2,1-4H3. The van der Waals surface area contributed by atoms with Gasteiger partial charge in [0.1, 0.15) is 5.72 Å². The Hall–Kier alpha value is -0.120. The molecule has 136 valence electrons. The Morgan fingerprint density at radius 1 is 1.00 bits per heavy atom. The van der Waals surface area contributed by atoms with Gasteiger partial charge in [-0.25, -0.2) is 0 Å². The first kappa shape index (κ1) is 16.1. The van der Waals surface area contributed by atoms with Crippen LogP contribution in [0.2, 0.25) is 0 Å². The van der Waals surface area contributed by atoms with Gasteiger partial charge >= 0.3 is 0 Å². The van der Waals surface area contributed by atoms with Crippen molar-refractivity contribution in [2.24, 2.45) is 34.5 Å². The topological polar surface area (TPSA) is 41.5 Å². The third-order valence-electron chi connectivity index (χ3n) is 9.68. The number of nitrogens with one attached hydrogen (secondary N) is 1. The van der Waals surface area contributed by atoms with Crippen molar-refractivity contribution in [3.8, 4) is 0 Å². The van der Waals surface area contributed by atoms with Gasteiger partial charge in [-0.05, 0) is 87.9 Å². The highest BCUT2D eigenvalue weighted by Crippen LogP contribution is 2.69. The van der Waals surface area contributed by atoms with Crippen molar-refractivity contribution in [3.63, 3.8) is 0 Å². The minimum Gasteiger partial charge on any atom is -0.393 e. The van der Waals surface area contributed by atoms with Gasteiger partial charge in [-0.15, -0.1) is 0 Å². The fraction of sp³-hybridized carbons (Fsp3) is 1.00. The molecule has 9 atom stereocenters. The number of fused-ring (bicyclic) bond motifs is 8. The monoisotopic (exact) mass is 333 g/mol. The summed E-state index contributed by atoms with van der Waals surface area (Å²) in [6, 6.07) is 0. The van der Waals surface area contributed by atoms with E-state index in [9.17, 15) is 5.11 Å². The van der Waals surface area contributed by atoms with E-state index in [1.165, 1.54) is 32.1 Å². The van der Waals surface area contributed by atoms with Gasteiger partial charge in [-0.2, -0.15) is 0 Å². The van der Waals surface area contributed by atoms with Gasteiger partial charge in [0.05, 0.1) is 11.7 Å². The van der Waals surface area contributed by atoms with Crippen molar-refractivity contribution in [2.45, 2.75) is 90.1 Å². The lowest BCUT2D eigenvalue weighted by atomic mass is 9.43. The Bertz CT molecular complexity index is 566. The zero-order valence-corrected chi connectivity index (χ0v) is 15.9. The van der Waals surface area contributed by atoms with Crippen LogP contribution < -0.4 is 5.32 Å². The van der Waals surface area contributed by atoms with E-state index in [1.807, 2.05) is 0 Å². The lowest BCUT2D eigenvalue weighted by molar-refractivity contribution is -0.262. The number of hydrogen-bond acceptors (Lipinski definition) is 3. The molecular formula is C21H35NO2. The first-order valence-corrected chi connectivity index (χ1v) is 10.3. The molecule has 24 heavy (non-hydrogen) atoms. The Morgan fingerprint density at radius 2 is 1.79 bits per heavy atom. The number of aliphatic hydroxyl groups is 1. The zero-order valence-electron chi connectivity index (χ0n) is 15.9. The molecule has 9 unspecified atom stereocenters. The highest BCUT2D eigenvalue weighted by atomic mass is 16.6. The fourth-order valence-electron chi connectivity index (χ4n) is 8.40. The van der Waals surface area contributed by atoms with Gasteiger partial charge in [0, 0.05) is 12.0 Å². The molecule has 0 spiro atoms. The van der Waals surface area contributed by atoms with Crippen molar-refractivity contribution in [1.29, 1.82) is 0 Å². The van der Waals surface area contributed by atoms with Crippen LogP contribution in [0.1, 0.15) is 72.6 Å². The van der Waals surface area contributed by atoms with Gasteiger partial charge < -0.3 is 9.84 Å². The lowest BCUT2D eigenvalue weighted by Crippen LogP contribution is -2.64. The van der Waals surface area contributed by atoms with Crippen LogP contribution in [-0.2, 0) is 4.74 Å². The first-order chi connectivity index (χ1) is 11.2. The van der Waals surface area contributed by atoms with E-state index in [1.54, 1.807) is 0 Å². The predicted molar refractivity (Wildman–Crippen MR) is 94.4 cm³/mol. The first-order valence-electron chi connectivity index (χ1n) is 10.3. The molecule has 3 aliphatic carbocycles. The van der Waals surface area contributed by atoms with Crippen molar-refractivity contribution >= 4 is 0 Å². The van der Waals surface area contributed by atoms with E-state index < -0.39 is 0 Å². The summed E-state index contributed by atoms with van der Waals surface area (Å²) in [6.07, 6.45) is 8.58. The third-order valence-corrected chi connectivity index (χ3v) is 9.68. The van der Waals surface area contributed by atoms with E-state index in [-0.39, 0.29) is 22.8 Å². The molecule has 0 aromatic heterocycles. The molecule has 3 heteroatoms. The maximum absolute atomic E-state index is 10.4. The second-order valence-corrected chi connectivity index (χ2v) is 10.8. The summed E-state index contributed by atoms with van der Waals surface area (Å²) < 4.78 is 6.69. The van der Waals surface area contributed by atoms with Crippen LogP contribution in [-0.4, -0.2) is 29.1 Å². The molecule has 5 fully saturated rings. The molecule has 0 aromatic carbocycles. The highest BCUT2D eigenvalue weighted by molar-refractivity contribution is 5.18. The van der Waals surface area contributed by atoms with E-state index >= 15 is 0 Å². The van der Waals surface area contributed by atoms with Gasteiger partial charge in [0.2, 0.25) is 0 Å². The maximum Gasteiger partial charge on any atom is 0.117 e. The third kappa shape index (κ3) is 1.80. The van der Waals surface area contributed by atoms with E-state index in [0.29, 0.717) is 5.41 Å². The molecule has 2 bridgehead atoms. The predicted octanol–water partition coefficient (Wildman–Crippen LogP) is 3.70. The zero-order chi connectivity index (χ0) is 17.0. The average molecular weight is 334 g/mol. The van der Waals surface area contributed by atoms with Crippen LogP contribution in [0.3, 0.4) is 0 Å². The van der Waals surface area contributed by atoms with Crippen LogP contribution in [0.4, 0.5) is 0 Å². The second-order valence-electron chi connectivity index (χ2n) is 10.8. The van der Waals surface area contributed by atoms with E-state index in [2.05, 4.69) is 33.0 Å². The molecular weight excluding hydrogens is 298 g/mol. The summed E-state index contributed by atoms with van der Waals surface area (Å²) in [5.41, 5.74) is 0.550. The largest absolute Gasteiger partial charge is 0.393 e. The summed E-state index contributed by atoms with van der Waals surface area (Å²) in [6.45, 7) is 10.7. The maximum atomic E-state index is 10.4. The summed E-state index contributed by atoms with van der Waals surface area (Å²) >= 11 is 0. The summed E-state index contributed by atoms with van der Waals surface area (Å²) in [5, 5.41) is 14.1. The van der Waals surface area contributed by atoms with Crippen molar-refractivity contribution in [1.82, 2.24) is 5.32 Å². The Labute approximate surface area is 146 Å². The quantitative estimate of drug-likeness (QED) is 0.710. The Balaban J connectivity index is 1.54. The SMILES string of the molecule is CC12CC3CCC4C5CC(O)CC5(C)CCC4C3(C)C(C)(CN1)O2. The molecule has 5 rings (SSSR count). The van der Waals surface area contributed by atoms with Crippen molar-refractivity contribution < 1.29 is 9.84 Å². The van der Waals surface area contributed by atoms with Gasteiger partial charge in [-0.1, -0.05) is 13.8 Å². The molecule has 2 aliphatic heterocycles. The van der Waals surface area contributed by atoms with Crippen molar-refractivity contribution in [2.75, 3.05) is 6.54 Å². The molecule has 3 nitrogen and oxygen atoms in total. The van der Waals surface area contributed by atoms with E-state index in [0.717, 1.165) is 43.1 Å². The summed E-state index contributed by atoms with van der Waals surface area (Å²) in [4.78, 5) is 0. The van der Waals surface area contributed by atoms with Crippen LogP contribution in [0.15, 0.2) is 0 Å². The molecule has 3 saturated carbocycles. The molecule has 2 saturated heterocycles. The van der Waals surface area contributed by atoms with Crippen LogP contribution in [0.25, 0.3) is 0 Å². The second kappa shape index (κ2) is 4.58. The Morgan fingerprint density at radius 3 is 2.58 bits per heavy atom. The summed E-state index contributed by atoms with van der Waals surface area (Å²) in [7, 11) is 0. The molecule has 5 aliphatic rings. The van der Waals surface area contributed by atoms with Crippen LogP contribution in [0, 0.1) is 34.5 Å². The van der Waals surface area contributed by atoms with Gasteiger partial charge in [-0.3, -0.25) is 5.32 Å². The van der Waals surface area contributed by atoms with Gasteiger partial charge in [0.25, 0.3) is 0 Å². The number of ether oxygens (including phenoxy) is 1. The van der Waals surface area contributed by atoms with Gasteiger partial charge in [0.15, 0.2) is 0 Å². The normalized spacial score (nSPS) is 65.1. The number of hydrogen-bond donors (Lipinski definition) is 2. The smallest absolute Gasteiger partial charge is 0.117 e. The van der Waals surface area contributed by atoms with Crippen LogP contribution in [0.5, 0.6) is 0 Å². The Kier molecular flexibility index (Phi) is 3.07. The number of rotatable bonds is 0. The molecule has 2 N–H and O–H groups in total. The minimum atomic E-state index is -0.0987. The van der Waals surface area contributed by atoms with Crippen LogP contribution >= 0.6 is 0 Å². The van der Waals surface area contributed by atoms with Crippen molar-refractivity contribution in [3.05, 3.63) is 0 Å². The number of aliphatic hydroxyl groups excluding tert-OH is 1. The molecule has 0 radical (unpaired) electrons. The van der Waals surface area contributed by atoms with E-state index in [4.69, 9.17) is 4.74 Å². The minimum absolute atomic E-state index is 0.0288. The average Bonchev–Trinajstić information content (AvgIpc) is 2.96. The molecule has 0 aromatic rings. The molecule has 2 heterocycles. The fourth-order valence-corrected chi connectivity index (χ4v) is 8.40. The highest BCUT2D eigenvalue weighted by Gasteiger charge is 2.69. The lowest BCUT2D eigenvalue weighted by Gasteiger charge is -2.65. The summed E-state index contributed by atoms with van der Waals surface area (Å²) in [5.74, 6) is 3.09.